The van der Waals surface area contributed by atoms with E-state index < -0.39 is 0 Å². The van der Waals surface area contributed by atoms with E-state index >= 15 is 0 Å². The van der Waals surface area contributed by atoms with Gasteiger partial charge in [-0.15, -0.1) is 0 Å². The summed E-state index contributed by atoms with van der Waals surface area (Å²) in [6, 6.07) is 15.4. The Hall–Kier alpha value is -3.15. The zero-order chi connectivity index (χ0) is 18.1. The second-order valence-electron chi connectivity index (χ2n) is 6.54. The molecule has 6 heteroatoms. The average Bonchev–Trinajstić information content (AvgIpc) is 3.25. The quantitative estimate of drug-likeness (QED) is 0.760. The van der Waals surface area contributed by atoms with Crippen LogP contribution in [0.15, 0.2) is 48.5 Å². The van der Waals surface area contributed by atoms with Crippen molar-refractivity contribution in [1.82, 2.24) is 10.2 Å². The Bertz CT molecular complexity index is 961. The lowest BCUT2D eigenvalue weighted by Crippen LogP contribution is -2.28. The lowest BCUT2D eigenvalue weighted by molar-refractivity contribution is -0.122. The molecule has 2 amide bonds. The summed E-state index contributed by atoms with van der Waals surface area (Å²) in [4.78, 5) is 26.6. The summed E-state index contributed by atoms with van der Waals surface area (Å²) in [7, 11) is 0. The zero-order valence-corrected chi connectivity index (χ0v) is 14.5. The molecule has 1 unspecified atom stereocenters. The molecule has 1 aromatic heterocycles. The number of H-pyrrole nitrogens is 1. The van der Waals surface area contributed by atoms with Gasteiger partial charge in [-0.05, 0) is 36.2 Å². The van der Waals surface area contributed by atoms with Crippen LogP contribution in [0.3, 0.4) is 0 Å². The van der Waals surface area contributed by atoms with Crippen molar-refractivity contribution in [1.29, 1.82) is 0 Å². The number of hydrogen-bond donors (Lipinski definition) is 2. The number of aromatic nitrogens is 2. The molecule has 0 saturated carbocycles. The molecule has 6 nitrogen and oxygen atoms in total. The van der Waals surface area contributed by atoms with Crippen molar-refractivity contribution in [2.75, 3.05) is 16.8 Å². The summed E-state index contributed by atoms with van der Waals surface area (Å²) in [5, 5.41) is 11.0. The van der Waals surface area contributed by atoms with E-state index in [1.807, 2.05) is 48.5 Å². The van der Waals surface area contributed by atoms with Crippen molar-refractivity contribution < 1.29 is 9.59 Å². The molecule has 1 aliphatic heterocycles. The molecule has 1 fully saturated rings. The molecule has 132 valence electrons. The van der Waals surface area contributed by atoms with Crippen LogP contribution in [-0.4, -0.2) is 28.6 Å². The van der Waals surface area contributed by atoms with Crippen LogP contribution in [0.1, 0.15) is 18.9 Å². The van der Waals surface area contributed by atoms with Crippen molar-refractivity contribution >= 4 is 34.2 Å². The van der Waals surface area contributed by atoms with Gasteiger partial charge in [0.05, 0.1) is 11.4 Å². The molecule has 1 aliphatic rings. The van der Waals surface area contributed by atoms with Crippen LogP contribution >= 0.6 is 0 Å². The minimum absolute atomic E-state index is 0.0799. The first-order valence-electron chi connectivity index (χ1n) is 8.79. The fraction of sp³-hybridized carbons (Fsp3) is 0.250. The van der Waals surface area contributed by atoms with Gasteiger partial charge in [0.15, 0.2) is 5.82 Å². The molecule has 1 atom stereocenters. The van der Waals surface area contributed by atoms with Crippen molar-refractivity contribution in [2.45, 2.75) is 19.8 Å². The number of carbonyl (C=O) groups excluding carboxylic acids is 2. The SMILES string of the molecule is CCc1ccc(NC(=O)C2CC(=O)N(c3n[nH]c4ccccc34)C2)cc1. The van der Waals surface area contributed by atoms with E-state index in [0.717, 1.165) is 23.0 Å². The van der Waals surface area contributed by atoms with Crippen LogP contribution < -0.4 is 10.2 Å². The molecule has 2 heterocycles. The first-order valence-corrected chi connectivity index (χ1v) is 8.79. The van der Waals surface area contributed by atoms with Gasteiger partial charge >= 0.3 is 0 Å². The van der Waals surface area contributed by atoms with Gasteiger partial charge in [0.2, 0.25) is 11.8 Å². The fourth-order valence-corrected chi connectivity index (χ4v) is 3.31. The Kier molecular flexibility index (Phi) is 4.16. The molecule has 2 N–H and O–H groups in total. The van der Waals surface area contributed by atoms with Crippen molar-refractivity contribution in [3.05, 3.63) is 54.1 Å². The molecule has 0 radical (unpaired) electrons. The number of hydrogen-bond acceptors (Lipinski definition) is 3. The molecular weight excluding hydrogens is 328 g/mol. The van der Waals surface area contributed by atoms with E-state index in [0.29, 0.717) is 12.4 Å². The number of aromatic amines is 1. The van der Waals surface area contributed by atoms with Gasteiger partial charge in [-0.3, -0.25) is 19.6 Å². The maximum absolute atomic E-state index is 12.6. The van der Waals surface area contributed by atoms with Crippen LogP contribution in [0.25, 0.3) is 10.9 Å². The summed E-state index contributed by atoms with van der Waals surface area (Å²) in [6.07, 6.45) is 1.15. The highest BCUT2D eigenvalue weighted by Crippen LogP contribution is 2.30. The summed E-state index contributed by atoms with van der Waals surface area (Å²) in [6.45, 7) is 2.43. The molecule has 3 aromatic rings. The van der Waals surface area contributed by atoms with Gasteiger partial charge in [0, 0.05) is 24.0 Å². The number of anilines is 2. The third kappa shape index (κ3) is 2.94. The summed E-state index contributed by atoms with van der Waals surface area (Å²) >= 11 is 0. The number of aryl methyl sites for hydroxylation is 1. The minimum Gasteiger partial charge on any atom is -0.326 e. The zero-order valence-electron chi connectivity index (χ0n) is 14.5. The number of nitrogens with zero attached hydrogens (tertiary/aromatic N) is 2. The van der Waals surface area contributed by atoms with E-state index in [9.17, 15) is 9.59 Å². The van der Waals surface area contributed by atoms with Crippen LogP contribution in [0.5, 0.6) is 0 Å². The third-order valence-electron chi connectivity index (χ3n) is 4.83. The molecular formula is C20H20N4O2. The Balaban J connectivity index is 1.49. The number of nitrogens with one attached hydrogen (secondary N) is 2. The number of amides is 2. The van der Waals surface area contributed by atoms with E-state index in [2.05, 4.69) is 22.4 Å². The second kappa shape index (κ2) is 6.63. The van der Waals surface area contributed by atoms with Crippen LogP contribution in [-0.2, 0) is 16.0 Å². The molecule has 2 aromatic carbocycles. The largest absolute Gasteiger partial charge is 0.326 e. The molecule has 0 aliphatic carbocycles. The van der Waals surface area contributed by atoms with E-state index in [-0.39, 0.29) is 24.2 Å². The van der Waals surface area contributed by atoms with Crippen LogP contribution in [0, 0.1) is 5.92 Å². The Morgan fingerprint density at radius 3 is 2.77 bits per heavy atom. The van der Waals surface area contributed by atoms with Gasteiger partial charge in [-0.25, -0.2) is 0 Å². The molecule has 1 saturated heterocycles. The van der Waals surface area contributed by atoms with E-state index in [4.69, 9.17) is 0 Å². The number of benzene rings is 2. The topological polar surface area (TPSA) is 78.1 Å². The number of fused-ring (bicyclic) bond motifs is 1. The Morgan fingerprint density at radius 1 is 1.23 bits per heavy atom. The van der Waals surface area contributed by atoms with Crippen molar-refractivity contribution in [3.8, 4) is 0 Å². The highest BCUT2D eigenvalue weighted by molar-refractivity contribution is 6.06. The van der Waals surface area contributed by atoms with Gasteiger partial charge in [0.25, 0.3) is 0 Å². The van der Waals surface area contributed by atoms with Crippen LogP contribution in [0.4, 0.5) is 11.5 Å². The maximum atomic E-state index is 12.6. The third-order valence-corrected chi connectivity index (χ3v) is 4.83. The van der Waals surface area contributed by atoms with Gasteiger partial charge in [-0.1, -0.05) is 31.2 Å². The predicted molar refractivity (Wildman–Crippen MR) is 101 cm³/mol. The summed E-state index contributed by atoms with van der Waals surface area (Å²) in [5.74, 6) is -0.00862. The summed E-state index contributed by atoms with van der Waals surface area (Å²) in [5.41, 5.74) is 2.85. The molecule has 26 heavy (non-hydrogen) atoms. The van der Waals surface area contributed by atoms with Gasteiger partial charge in [-0.2, -0.15) is 5.10 Å². The molecule has 0 bridgehead atoms. The fourth-order valence-electron chi connectivity index (χ4n) is 3.31. The maximum Gasteiger partial charge on any atom is 0.229 e. The van der Waals surface area contributed by atoms with Crippen molar-refractivity contribution in [3.63, 3.8) is 0 Å². The monoisotopic (exact) mass is 348 g/mol. The second-order valence-corrected chi connectivity index (χ2v) is 6.54. The molecule has 4 rings (SSSR count). The predicted octanol–water partition coefficient (Wildman–Crippen LogP) is 3.12. The standard InChI is InChI=1S/C20H20N4O2/c1-2-13-7-9-15(10-8-13)21-20(26)14-11-18(25)24(12-14)19-16-5-3-4-6-17(16)22-23-19/h3-10,14H,2,11-12H2,1H3,(H,21,26)(H,22,23). The highest BCUT2D eigenvalue weighted by atomic mass is 16.2. The van der Waals surface area contributed by atoms with Gasteiger partial charge in [0.1, 0.15) is 0 Å². The highest BCUT2D eigenvalue weighted by Gasteiger charge is 2.36. The molecule has 0 spiro atoms. The van der Waals surface area contributed by atoms with Gasteiger partial charge < -0.3 is 5.32 Å². The van der Waals surface area contributed by atoms with E-state index in [1.165, 1.54) is 5.56 Å². The summed E-state index contributed by atoms with van der Waals surface area (Å²) < 4.78 is 0. The smallest absolute Gasteiger partial charge is 0.229 e. The normalized spacial score (nSPS) is 17.0. The lowest BCUT2D eigenvalue weighted by atomic mass is 10.1. The first-order chi connectivity index (χ1) is 12.7. The number of carbonyl (C=O) groups is 2. The lowest BCUT2D eigenvalue weighted by Gasteiger charge is -2.14. The average molecular weight is 348 g/mol. The van der Waals surface area contributed by atoms with E-state index in [1.54, 1.807) is 4.90 Å². The minimum atomic E-state index is -0.385. The Morgan fingerprint density at radius 2 is 2.00 bits per heavy atom. The Labute approximate surface area is 151 Å². The number of rotatable bonds is 4. The first kappa shape index (κ1) is 16.3. The van der Waals surface area contributed by atoms with Crippen molar-refractivity contribution in [2.24, 2.45) is 5.92 Å². The van der Waals surface area contributed by atoms with Crippen LogP contribution in [0.2, 0.25) is 0 Å². The number of para-hydroxylation sites is 1.